The molecule has 0 fully saturated rings. The predicted molar refractivity (Wildman–Crippen MR) is 89.1 cm³/mol. The fraction of sp³-hybridized carbons (Fsp3) is 0.167. The number of carbonyl (C=O) groups is 1. The molecule has 0 radical (unpaired) electrons. The Labute approximate surface area is 143 Å². The van der Waals surface area contributed by atoms with E-state index in [1.54, 1.807) is 0 Å². The molecule has 0 unspecified atom stereocenters. The minimum atomic E-state index is -0.830. The van der Waals surface area contributed by atoms with Gasteiger partial charge in [-0.3, -0.25) is 9.89 Å². The fourth-order valence-electron chi connectivity index (χ4n) is 2.32. The highest BCUT2D eigenvalue weighted by atomic mass is 19.1. The van der Waals surface area contributed by atoms with Crippen LogP contribution in [0.15, 0.2) is 42.5 Å². The van der Waals surface area contributed by atoms with Crippen molar-refractivity contribution in [2.24, 2.45) is 0 Å². The van der Waals surface area contributed by atoms with Crippen molar-refractivity contribution >= 4 is 11.6 Å². The molecule has 128 valence electrons. The molecule has 0 aliphatic carbocycles. The molecule has 0 aliphatic heterocycles. The van der Waals surface area contributed by atoms with E-state index in [1.807, 2.05) is 31.2 Å². The number of anilines is 1. The summed E-state index contributed by atoms with van der Waals surface area (Å²) in [5.74, 6) is -1.07. The maximum absolute atomic E-state index is 13.5. The van der Waals surface area contributed by atoms with Gasteiger partial charge in [0, 0.05) is 12.5 Å². The van der Waals surface area contributed by atoms with E-state index < -0.39 is 17.5 Å². The zero-order chi connectivity index (χ0) is 17.8. The summed E-state index contributed by atoms with van der Waals surface area (Å²) in [6.45, 7) is 2.01. The normalized spacial score (nSPS) is 10.7. The number of halogens is 2. The van der Waals surface area contributed by atoms with Crippen LogP contribution in [-0.4, -0.2) is 21.1 Å². The SMILES string of the molecule is Cc1ccc(Cc2nc(CC(=O)Nc3ccc(F)cc3F)n[nH]2)cc1. The van der Waals surface area contributed by atoms with Gasteiger partial charge < -0.3 is 5.32 Å². The summed E-state index contributed by atoms with van der Waals surface area (Å²) in [7, 11) is 0. The average molecular weight is 342 g/mol. The van der Waals surface area contributed by atoms with Gasteiger partial charge in [-0.2, -0.15) is 5.10 Å². The quantitative estimate of drug-likeness (QED) is 0.748. The second kappa shape index (κ2) is 7.21. The summed E-state index contributed by atoms with van der Waals surface area (Å²) >= 11 is 0. The third-order valence-electron chi connectivity index (χ3n) is 3.59. The Morgan fingerprint density at radius 1 is 1.16 bits per heavy atom. The minimum absolute atomic E-state index is 0.0817. The molecule has 7 heteroatoms. The largest absolute Gasteiger partial charge is 0.323 e. The van der Waals surface area contributed by atoms with E-state index in [-0.39, 0.29) is 12.1 Å². The third-order valence-corrected chi connectivity index (χ3v) is 3.59. The number of amides is 1. The summed E-state index contributed by atoms with van der Waals surface area (Å²) in [5, 5.41) is 9.17. The van der Waals surface area contributed by atoms with Crippen LogP contribution >= 0.6 is 0 Å². The smallest absolute Gasteiger partial charge is 0.232 e. The summed E-state index contributed by atoms with van der Waals surface area (Å²) < 4.78 is 26.4. The maximum atomic E-state index is 13.5. The summed E-state index contributed by atoms with van der Waals surface area (Å²) in [4.78, 5) is 16.2. The van der Waals surface area contributed by atoms with Crippen LogP contribution in [0, 0.1) is 18.6 Å². The number of nitrogens with one attached hydrogen (secondary N) is 2. The Morgan fingerprint density at radius 3 is 2.64 bits per heavy atom. The molecular formula is C18H16F2N4O. The van der Waals surface area contributed by atoms with Crippen LogP contribution in [0.2, 0.25) is 0 Å². The molecule has 5 nitrogen and oxygen atoms in total. The molecule has 1 amide bonds. The van der Waals surface area contributed by atoms with Gasteiger partial charge >= 0.3 is 0 Å². The zero-order valence-corrected chi connectivity index (χ0v) is 13.5. The summed E-state index contributed by atoms with van der Waals surface area (Å²) in [6.07, 6.45) is 0.461. The molecule has 0 atom stereocenters. The summed E-state index contributed by atoms with van der Waals surface area (Å²) in [6, 6.07) is 11.0. The predicted octanol–water partition coefficient (Wildman–Crippen LogP) is 3.16. The van der Waals surface area contributed by atoms with Crippen LogP contribution in [0.3, 0.4) is 0 Å². The number of aromatic amines is 1. The van der Waals surface area contributed by atoms with Gasteiger partial charge in [-0.05, 0) is 24.6 Å². The fourth-order valence-corrected chi connectivity index (χ4v) is 2.32. The van der Waals surface area contributed by atoms with Crippen molar-refractivity contribution in [2.45, 2.75) is 19.8 Å². The molecule has 25 heavy (non-hydrogen) atoms. The molecule has 3 aromatic rings. The Kier molecular flexibility index (Phi) is 4.83. The first-order valence-electron chi connectivity index (χ1n) is 7.70. The molecule has 3 rings (SSSR count). The number of hydrogen-bond donors (Lipinski definition) is 2. The first-order chi connectivity index (χ1) is 12.0. The first kappa shape index (κ1) is 16.8. The lowest BCUT2D eigenvalue weighted by molar-refractivity contribution is -0.115. The Bertz CT molecular complexity index is 890. The van der Waals surface area contributed by atoms with E-state index in [2.05, 4.69) is 20.5 Å². The van der Waals surface area contributed by atoms with E-state index >= 15 is 0 Å². The van der Waals surface area contributed by atoms with Crippen molar-refractivity contribution in [2.75, 3.05) is 5.32 Å². The lowest BCUT2D eigenvalue weighted by Crippen LogP contribution is -2.16. The third kappa shape index (κ3) is 4.47. The molecule has 0 aliphatic rings. The Balaban J connectivity index is 1.60. The molecule has 0 spiro atoms. The molecule has 0 saturated carbocycles. The van der Waals surface area contributed by atoms with Crippen LogP contribution in [0.5, 0.6) is 0 Å². The van der Waals surface area contributed by atoms with E-state index in [0.29, 0.717) is 24.1 Å². The van der Waals surface area contributed by atoms with Crippen molar-refractivity contribution in [3.05, 3.63) is 76.9 Å². The first-order valence-corrected chi connectivity index (χ1v) is 7.70. The van der Waals surface area contributed by atoms with Gasteiger partial charge in [-0.25, -0.2) is 13.8 Å². The number of aromatic nitrogens is 3. The lowest BCUT2D eigenvalue weighted by Gasteiger charge is -2.04. The number of aryl methyl sites for hydroxylation is 1. The molecular weight excluding hydrogens is 326 g/mol. The number of hydrogen-bond acceptors (Lipinski definition) is 3. The highest BCUT2D eigenvalue weighted by Gasteiger charge is 2.12. The molecule has 1 heterocycles. The molecule has 0 saturated heterocycles. The topological polar surface area (TPSA) is 70.7 Å². The second-order valence-corrected chi connectivity index (χ2v) is 5.71. The lowest BCUT2D eigenvalue weighted by atomic mass is 10.1. The average Bonchev–Trinajstić information content (AvgIpc) is 2.99. The van der Waals surface area contributed by atoms with Crippen molar-refractivity contribution in [3.8, 4) is 0 Å². The highest BCUT2D eigenvalue weighted by Crippen LogP contribution is 2.15. The van der Waals surface area contributed by atoms with Crippen molar-refractivity contribution in [1.82, 2.24) is 15.2 Å². The van der Waals surface area contributed by atoms with Gasteiger partial charge in [0.2, 0.25) is 5.91 Å². The van der Waals surface area contributed by atoms with Crippen LogP contribution in [0.1, 0.15) is 22.8 Å². The minimum Gasteiger partial charge on any atom is -0.323 e. The Hall–Kier alpha value is -3.09. The molecule has 2 aromatic carbocycles. The monoisotopic (exact) mass is 342 g/mol. The molecule has 2 N–H and O–H groups in total. The Morgan fingerprint density at radius 2 is 1.92 bits per heavy atom. The molecule has 0 bridgehead atoms. The second-order valence-electron chi connectivity index (χ2n) is 5.71. The number of H-pyrrole nitrogens is 1. The van der Waals surface area contributed by atoms with Gasteiger partial charge in [0.25, 0.3) is 0 Å². The zero-order valence-electron chi connectivity index (χ0n) is 13.5. The van der Waals surface area contributed by atoms with E-state index in [1.165, 1.54) is 11.6 Å². The van der Waals surface area contributed by atoms with Crippen LogP contribution < -0.4 is 5.32 Å². The number of rotatable bonds is 5. The van der Waals surface area contributed by atoms with Gasteiger partial charge in [-0.15, -0.1) is 0 Å². The summed E-state index contributed by atoms with van der Waals surface area (Å²) in [5.41, 5.74) is 2.17. The van der Waals surface area contributed by atoms with Crippen LogP contribution in [-0.2, 0) is 17.6 Å². The van der Waals surface area contributed by atoms with Crippen LogP contribution in [0.4, 0.5) is 14.5 Å². The van der Waals surface area contributed by atoms with Gasteiger partial charge in [0.05, 0.1) is 12.1 Å². The van der Waals surface area contributed by atoms with Gasteiger partial charge in [-0.1, -0.05) is 29.8 Å². The van der Waals surface area contributed by atoms with E-state index in [0.717, 1.165) is 11.6 Å². The number of carbonyl (C=O) groups excluding carboxylic acids is 1. The number of nitrogens with zero attached hydrogens (tertiary/aromatic N) is 2. The van der Waals surface area contributed by atoms with Crippen molar-refractivity contribution in [3.63, 3.8) is 0 Å². The maximum Gasteiger partial charge on any atom is 0.232 e. The standard InChI is InChI=1S/C18H16F2N4O/c1-11-2-4-12(5-3-11)8-16-22-17(24-23-16)10-18(25)21-15-7-6-13(19)9-14(15)20/h2-7,9H,8,10H2,1H3,(H,21,25)(H,22,23,24). The molecule has 1 aromatic heterocycles. The van der Waals surface area contributed by atoms with Crippen LogP contribution in [0.25, 0.3) is 0 Å². The van der Waals surface area contributed by atoms with Crippen molar-refractivity contribution < 1.29 is 13.6 Å². The van der Waals surface area contributed by atoms with E-state index in [9.17, 15) is 13.6 Å². The highest BCUT2D eigenvalue weighted by molar-refractivity contribution is 5.91. The number of benzene rings is 2. The van der Waals surface area contributed by atoms with Crippen molar-refractivity contribution in [1.29, 1.82) is 0 Å². The van der Waals surface area contributed by atoms with E-state index in [4.69, 9.17) is 0 Å². The van der Waals surface area contributed by atoms with Gasteiger partial charge in [0.1, 0.15) is 17.5 Å². The van der Waals surface area contributed by atoms with Gasteiger partial charge in [0.15, 0.2) is 5.82 Å².